The minimum Gasteiger partial charge on any atom is -0.340 e. The first-order valence-electron chi connectivity index (χ1n) is 10.4. The van der Waals surface area contributed by atoms with Crippen molar-refractivity contribution < 1.29 is 13.6 Å². The molecule has 2 aliphatic rings. The molecule has 2 aromatic carbocycles. The first-order valence-corrected chi connectivity index (χ1v) is 10.4. The van der Waals surface area contributed by atoms with Crippen LogP contribution in [0.3, 0.4) is 0 Å². The molecule has 6 nitrogen and oxygen atoms in total. The molecule has 1 saturated carbocycles. The number of carbonyl (C=O) groups is 1. The minimum absolute atomic E-state index is 0.0341. The van der Waals surface area contributed by atoms with Gasteiger partial charge in [0.25, 0.3) is 0 Å². The lowest BCUT2D eigenvalue weighted by molar-refractivity contribution is -0.134. The Labute approximate surface area is 178 Å². The zero-order valence-corrected chi connectivity index (χ0v) is 16.9. The topological polar surface area (TPSA) is 76.2 Å². The molecule has 0 spiro atoms. The number of fused-ring (bicyclic) bond motifs is 1. The average molecular weight is 423 g/mol. The Hall–Kier alpha value is -3.26. The number of nitrogens with zero attached hydrogens (tertiary/aromatic N) is 3. The molecule has 0 radical (unpaired) electrons. The largest absolute Gasteiger partial charge is 0.340 e. The maximum Gasteiger partial charge on any atom is 0.240 e. The summed E-state index contributed by atoms with van der Waals surface area (Å²) in [5, 5.41) is 3.33. The number of anilines is 2. The Kier molecular flexibility index (Phi) is 4.94. The Morgan fingerprint density at radius 1 is 1.03 bits per heavy atom. The van der Waals surface area contributed by atoms with Crippen molar-refractivity contribution in [3.05, 3.63) is 66.0 Å². The van der Waals surface area contributed by atoms with E-state index in [1.807, 2.05) is 4.57 Å². The zero-order chi connectivity index (χ0) is 21.5. The van der Waals surface area contributed by atoms with Crippen molar-refractivity contribution >= 4 is 17.4 Å². The smallest absolute Gasteiger partial charge is 0.240 e. The van der Waals surface area contributed by atoms with Gasteiger partial charge in [0.1, 0.15) is 29.0 Å². The van der Waals surface area contributed by atoms with Crippen molar-refractivity contribution in [3.63, 3.8) is 0 Å². The van der Waals surface area contributed by atoms with E-state index in [1.165, 1.54) is 24.3 Å². The lowest BCUT2D eigenvalue weighted by Gasteiger charge is -2.30. The number of hydrogen-bond acceptors (Lipinski definition) is 4. The molecule has 2 heterocycles. The quantitative estimate of drug-likeness (QED) is 0.657. The van der Waals surface area contributed by atoms with Crippen molar-refractivity contribution in [2.24, 2.45) is 11.7 Å². The van der Waals surface area contributed by atoms with Gasteiger partial charge in [-0.15, -0.1) is 0 Å². The van der Waals surface area contributed by atoms with Crippen molar-refractivity contribution in [1.29, 1.82) is 0 Å². The van der Waals surface area contributed by atoms with Crippen LogP contribution in [0.5, 0.6) is 0 Å². The third kappa shape index (κ3) is 3.90. The second-order valence-electron chi connectivity index (χ2n) is 8.14. The van der Waals surface area contributed by atoms with E-state index >= 15 is 0 Å². The fourth-order valence-corrected chi connectivity index (χ4v) is 3.99. The molecule has 1 aliphatic carbocycles. The summed E-state index contributed by atoms with van der Waals surface area (Å²) in [7, 11) is 0. The van der Waals surface area contributed by atoms with E-state index < -0.39 is 6.04 Å². The monoisotopic (exact) mass is 423 g/mol. The van der Waals surface area contributed by atoms with Gasteiger partial charge < -0.3 is 20.5 Å². The molecule has 1 aliphatic heterocycles. The summed E-state index contributed by atoms with van der Waals surface area (Å²) in [4.78, 5) is 19.3. The number of hydrogen-bond donors (Lipinski definition) is 2. The predicted octanol–water partition coefficient (Wildman–Crippen LogP) is 3.65. The standard InChI is InChI=1S/C23H23F2N5O/c24-16-5-3-15(4-6-16)21-22(27-18-9-7-17(25)8-10-18)30-12-11-29(13-19(30)28-21)23(31)20(26)14-1-2-14/h3-10,14,20,27H,1-2,11-13,26H2/t20-/m0/s1. The first-order chi connectivity index (χ1) is 15.0. The summed E-state index contributed by atoms with van der Waals surface area (Å²) >= 11 is 0. The fraction of sp³-hybridized carbons (Fsp3) is 0.304. The third-order valence-electron chi connectivity index (χ3n) is 5.92. The molecule has 0 bridgehead atoms. The number of carbonyl (C=O) groups excluding carboxylic acids is 1. The van der Waals surface area contributed by atoms with Crippen molar-refractivity contribution in [3.8, 4) is 11.3 Å². The van der Waals surface area contributed by atoms with Crippen LogP contribution < -0.4 is 11.1 Å². The second-order valence-corrected chi connectivity index (χ2v) is 8.14. The maximum atomic E-state index is 13.5. The van der Waals surface area contributed by atoms with Gasteiger partial charge in [-0.1, -0.05) is 0 Å². The van der Waals surface area contributed by atoms with Gasteiger partial charge in [0.15, 0.2) is 0 Å². The molecule has 1 atom stereocenters. The molecule has 0 unspecified atom stereocenters. The maximum absolute atomic E-state index is 13.5. The van der Waals surface area contributed by atoms with Gasteiger partial charge in [-0.25, -0.2) is 13.8 Å². The number of benzene rings is 2. The van der Waals surface area contributed by atoms with Gasteiger partial charge in [0, 0.05) is 24.3 Å². The summed E-state index contributed by atoms with van der Waals surface area (Å²) in [6.07, 6.45) is 2.02. The number of rotatable bonds is 5. The van der Waals surface area contributed by atoms with Crippen molar-refractivity contribution in [1.82, 2.24) is 14.5 Å². The van der Waals surface area contributed by atoms with Crippen molar-refractivity contribution in [2.45, 2.75) is 32.0 Å². The predicted molar refractivity (Wildman–Crippen MR) is 113 cm³/mol. The van der Waals surface area contributed by atoms with Crippen LogP contribution in [0.4, 0.5) is 20.3 Å². The lowest BCUT2D eigenvalue weighted by atomic mass is 10.1. The number of nitrogens with two attached hydrogens (primary N) is 1. The Balaban J connectivity index is 1.49. The summed E-state index contributed by atoms with van der Waals surface area (Å²) in [5.74, 6) is 1.07. The highest BCUT2D eigenvalue weighted by molar-refractivity contribution is 5.83. The van der Waals surface area contributed by atoms with E-state index in [0.29, 0.717) is 36.9 Å². The molecule has 160 valence electrons. The van der Waals surface area contributed by atoms with E-state index in [9.17, 15) is 13.6 Å². The van der Waals surface area contributed by atoms with Gasteiger partial charge in [0.2, 0.25) is 5.91 Å². The zero-order valence-electron chi connectivity index (χ0n) is 16.9. The van der Waals surface area contributed by atoms with Crippen LogP contribution in [-0.2, 0) is 17.9 Å². The van der Waals surface area contributed by atoms with Gasteiger partial charge >= 0.3 is 0 Å². The summed E-state index contributed by atoms with van der Waals surface area (Å²) in [5.41, 5.74) is 8.24. The molecular weight excluding hydrogens is 400 g/mol. The van der Waals surface area contributed by atoms with E-state index in [4.69, 9.17) is 10.7 Å². The van der Waals surface area contributed by atoms with Crippen molar-refractivity contribution in [2.75, 3.05) is 11.9 Å². The van der Waals surface area contributed by atoms with Gasteiger partial charge in [-0.3, -0.25) is 4.79 Å². The molecule has 3 N–H and O–H groups in total. The van der Waals surface area contributed by atoms with Crippen LogP contribution in [0, 0.1) is 17.6 Å². The molecule has 31 heavy (non-hydrogen) atoms. The third-order valence-corrected chi connectivity index (χ3v) is 5.92. The highest BCUT2D eigenvalue weighted by atomic mass is 19.1. The summed E-state index contributed by atoms with van der Waals surface area (Å²) < 4.78 is 28.8. The van der Waals surface area contributed by atoms with Crippen LogP contribution in [-0.4, -0.2) is 32.9 Å². The molecule has 1 aromatic heterocycles. The highest BCUT2D eigenvalue weighted by Gasteiger charge is 2.37. The number of halogens is 2. The van der Waals surface area contributed by atoms with E-state index in [0.717, 1.165) is 30.0 Å². The lowest BCUT2D eigenvalue weighted by Crippen LogP contribution is -2.47. The minimum atomic E-state index is -0.449. The Bertz CT molecular complexity index is 1110. The molecule has 1 amide bonds. The van der Waals surface area contributed by atoms with Gasteiger partial charge in [0.05, 0.1) is 12.6 Å². The number of imidazole rings is 1. The van der Waals surface area contributed by atoms with Crippen LogP contribution in [0.2, 0.25) is 0 Å². The number of amides is 1. The van der Waals surface area contributed by atoms with Gasteiger partial charge in [-0.05, 0) is 67.3 Å². The molecule has 5 rings (SSSR count). The van der Waals surface area contributed by atoms with E-state index in [1.54, 1.807) is 29.2 Å². The normalized spacial score (nSPS) is 16.7. The van der Waals surface area contributed by atoms with Crippen LogP contribution in [0.15, 0.2) is 48.5 Å². The Morgan fingerprint density at radius 3 is 2.32 bits per heavy atom. The summed E-state index contributed by atoms with van der Waals surface area (Å²) in [6.45, 7) is 1.44. The molecule has 1 fully saturated rings. The van der Waals surface area contributed by atoms with Gasteiger partial charge in [-0.2, -0.15) is 0 Å². The highest BCUT2D eigenvalue weighted by Crippen LogP contribution is 2.35. The summed E-state index contributed by atoms with van der Waals surface area (Å²) in [6, 6.07) is 11.7. The van der Waals surface area contributed by atoms with Crippen LogP contribution >= 0.6 is 0 Å². The number of aromatic nitrogens is 2. The van der Waals surface area contributed by atoms with Crippen LogP contribution in [0.25, 0.3) is 11.3 Å². The van der Waals surface area contributed by atoms with Crippen LogP contribution in [0.1, 0.15) is 18.7 Å². The van der Waals surface area contributed by atoms with E-state index in [2.05, 4.69) is 5.32 Å². The second kappa shape index (κ2) is 7.77. The molecular formula is C23H23F2N5O. The SMILES string of the molecule is N[C@H](C(=O)N1CCn2c(nc(-c3ccc(F)cc3)c2Nc2ccc(F)cc2)C1)C1CC1. The Morgan fingerprint density at radius 2 is 1.68 bits per heavy atom. The molecule has 8 heteroatoms. The van der Waals surface area contributed by atoms with E-state index in [-0.39, 0.29) is 17.5 Å². The average Bonchev–Trinajstić information content (AvgIpc) is 3.57. The first kappa shape index (κ1) is 19.7. The molecule has 0 saturated heterocycles. The number of nitrogens with one attached hydrogen (secondary N) is 1. The molecule has 3 aromatic rings. The fourth-order valence-electron chi connectivity index (χ4n) is 3.99.